The Balaban J connectivity index is 1.66. The normalized spacial score (nSPS) is 15.8. The summed E-state index contributed by atoms with van der Waals surface area (Å²) in [6, 6.07) is 8.94. The van der Waals surface area contributed by atoms with Crippen LogP contribution in [0.5, 0.6) is 0 Å². The van der Waals surface area contributed by atoms with Gasteiger partial charge < -0.3 is 10.6 Å². The number of carbonyl (C=O) groups is 1. The van der Waals surface area contributed by atoms with Crippen molar-refractivity contribution < 1.29 is 4.79 Å². The minimum Gasteiger partial charge on any atom is -0.326 e. The number of benzene rings is 1. The first-order chi connectivity index (χ1) is 10.2. The van der Waals surface area contributed by atoms with Crippen LogP contribution in [0.15, 0.2) is 35.1 Å². The summed E-state index contributed by atoms with van der Waals surface area (Å²) in [5, 5.41) is 11.5. The number of aromatic amines is 2. The Labute approximate surface area is 121 Å². The predicted molar refractivity (Wildman–Crippen MR) is 81.1 cm³/mol. The van der Waals surface area contributed by atoms with Crippen LogP contribution in [0.2, 0.25) is 0 Å². The zero-order chi connectivity index (χ0) is 14.7. The SMILES string of the molecule is O=C(Nc1ccc(-c2cc(=O)[nH][nH]2)cc1)C1CCNCC1. The minimum absolute atomic E-state index is 0.0827. The van der Waals surface area contributed by atoms with Crippen LogP contribution in [0.25, 0.3) is 11.3 Å². The molecular weight excluding hydrogens is 268 g/mol. The van der Waals surface area contributed by atoms with Crippen molar-refractivity contribution in [2.75, 3.05) is 18.4 Å². The first-order valence-corrected chi connectivity index (χ1v) is 7.12. The van der Waals surface area contributed by atoms with Gasteiger partial charge in [0, 0.05) is 17.7 Å². The van der Waals surface area contributed by atoms with Gasteiger partial charge in [-0.3, -0.25) is 19.8 Å². The lowest BCUT2D eigenvalue weighted by Gasteiger charge is -2.21. The summed E-state index contributed by atoms with van der Waals surface area (Å²) in [6.07, 6.45) is 1.77. The highest BCUT2D eigenvalue weighted by Gasteiger charge is 2.20. The number of aromatic nitrogens is 2. The number of anilines is 1. The van der Waals surface area contributed by atoms with Gasteiger partial charge in [0.1, 0.15) is 0 Å². The average molecular weight is 286 g/mol. The Morgan fingerprint density at radius 1 is 1.10 bits per heavy atom. The van der Waals surface area contributed by atoms with E-state index in [-0.39, 0.29) is 17.4 Å². The molecule has 1 aromatic heterocycles. The summed E-state index contributed by atoms with van der Waals surface area (Å²) >= 11 is 0. The predicted octanol–water partition coefficient (Wildman–Crippen LogP) is 1.31. The number of hydrogen-bond donors (Lipinski definition) is 4. The van der Waals surface area contributed by atoms with Gasteiger partial charge in [-0.25, -0.2) is 0 Å². The lowest BCUT2D eigenvalue weighted by Crippen LogP contribution is -2.34. The maximum atomic E-state index is 12.1. The van der Waals surface area contributed by atoms with E-state index >= 15 is 0 Å². The quantitative estimate of drug-likeness (QED) is 0.686. The van der Waals surface area contributed by atoms with Gasteiger partial charge in [-0.2, -0.15) is 0 Å². The molecule has 1 aromatic carbocycles. The molecule has 0 atom stereocenters. The van der Waals surface area contributed by atoms with Crippen LogP contribution < -0.4 is 16.2 Å². The Morgan fingerprint density at radius 2 is 1.81 bits per heavy atom. The van der Waals surface area contributed by atoms with Crippen LogP contribution in [0.4, 0.5) is 5.69 Å². The molecule has 2 aromatic rings. The summed E-state index contributed by atoms with van der Waals surface area (Å²) < 4.78 is 0. The third-order valence-electron chi connectivity index (χ3n) is 3.77. The first-order valence-electron chi connectivity index (χ1n) is 7.12. The molecule has 3 rings (SSSR count). The maximum absolute atomic E-state index is 12.1. The Hall–Kier alpha value is -2.34. The number of H-pyrrole nitrogens is 2. The molecule has 0 bridgehead atoms. The fraction of sp³-hybridized carbons (Fsp3) is 0.333. The molecule has 1 fully saturated rings. The Morgan fingerprint density at radius 3 is 2.43 bits per heavy atom. The van der Waals surface area contributed by atoms with Crippen LogP contribution in [0, 0.1) is 5.92 Å². The number of amides is 1. The lowest BCUT2D eigenvalue weighted by molar-refractivity contribution is -0.120. The largest absolute Gasteiger partial charge is 0.326 e. The molecule has 6 heteroatoms. The van der Waals surface area contributed by atoms with Gasteiger partial charge in [-0.1, -0.05) is 12.1 Å². The summed E-state index contributed by atoms with van der Waals surface area (Å²) in [7, 11) is 0. The molecule has 1 aliphatic heterocycles. The van der Waals surface area contributed by atoms with E-state index in [4.69, 9.17) is 0 Å². The molecule has 4 N–H and O–H groups in total. The van der Waals surface area contributed by atoms with Crippen molar-refractivity contribution in [3.05, 3.63) is 40.7 Å². The van der Waals surface area contributed by atoms with Gasteiger partial charge in [-0.05, 0) is 43.6 Å². The van der Waals surface area contributed by atoms with Crippen LogP contribution in [-0.4, -0.2) is 29.2 Å². The molecule has 1 aliphatic rings. The third-order valence-corrected chi connectivity index (χ3v) is 3.77. The van der Waals surface area contributed by atoms with Crippen molar-refractivity contribution in [3.63, 3.8) is 0 Å². The topological polar surface area (TPSA) is 89.8 Å². The number of rotatable bonds is 3. The van der Waals surface area contributed by atoms with Gasteiger partial charge in [0.15, 0.2) is 0 Å². The monoisotopic (exact) mass is 286 g/mol. The molecule has 0 aliphatic carbocycles. The molecule has 2 heterocycles. The number of carbonyl (C=O) groups excluding carboxylic acids is 1. The molecule has 6 nitrogen and oxygen atoms in total. The van der Waals surface area contributed by atoms with Gasteiger partial charge in [-0.15, -0.1) is 0 Å². The van der Waals surface area contributed by atoms with E-state index in [0.717, 1.165) is 42.9 Å². The summed E-state index contributed by atoms with van der Waals surface area (Å²) in [6.45, 7) is 1.80. The molecule has 0 saturated carbocycles. The average Bonchev–Trinajstić information content (AvgIpc) is 2.95. The van der Waals surface area contributed by atoms with Crippen molar-refractivity contribution in [3.8, 4) is 11.3 Å². The van der Waals surface area contributed by atoms with Crippen LogP contribution in [0.1, 0.15) is 12.8 Å². The van der Waals surface area contributed by atoms with E-state index < -0.39 is 0 Å². The van der Waals surface area contributed by atoms with Crippen molar-refractivity contribution >= 4 is 11.6 Å². The van der Waals surface area contributed by atoms with Crippen molar-refractivity contribution in [1.29, 1.82) is 0 Å². The van der Waals surface area contributed by atoms with Crippen molar-refractivity contribution in [2.45, 2.75) is 12.8 Å². The zero-order valence-corrected chi connectivity index (χ0v) is 11.6. The molecule has 0 spiro atoms. The van der Waals surface area contributed by atoms with Crippen molar-refractivity contribution in [2.24, 2.45) is 5.92 Å². The minimum atomic E-state index is -0.159. The van der Waals surface area contributed by atoms with E-state index in [1.54, 1.807) is 0 Å². The van der Waals surface area contributed by atoms with Crippen LogP contribution in [-0.2, 0) is 4.79 Å². The van der Waals surface area contributed by atoms with E-state index in [2.05, 4.69) is 20.8 Å². The fourth-order valence-corrected chi connectivity index (χ4v) is 2.55. The number of piperidine rings is 1. The Kier molecular flexibility index (Phi) is 3.87. The molecule has 0 radical (unpaired) electrons. The molecule has 21 heavy (non-hydrogen) atoms. The van der Waals surface area contributed by atoms with Crippen LogP contribution >= 0.6 is 0 Å². The van der Waals surface area contributed by atoms with E-state index in [0.29, 0.717) is 0 Å². The maximum Gasteiger partial charge on any atom is 0.264 e. The van der Waals surface area contributed by atoms with Crippen LogP contribution in [0.3, 0.4) is 0 Å². The number of hydrogen-bond acceptors (Lipinski definition) is 3. The third kappa shape index (κ3) is 3.22. The second-order valence-electron chi connectivity index (χ2n) is 5.26. The van der Waals surface area contributed by atoms with Gasteiger partial charge in [0.25, 0.3) is 5.56 Å². The summed E-state index contributed by atoms with van der Waals surface area (Å²) in [5.41, 5.74) is 2.25. The molecule has 110 valence electrons. The van der Waals surface area contributed by atoms with E-state index in [1.807, 2.05) is 24.3 Å². The highest BCUT2D eigenvalue weighted by atomic mass is 16.2. The van der Waals surface area contributed by atoms with Gasteiger partial charge in [0.2, 0.25) is 5.91 Å². The first kappa shape index (κ1) is 13.6. The van der Waals surface area contributed by atoms with Crippen molar-refractivity contribution in [1.82, 2.24) is 15.5 Å². The smallest absolute Gasteiger partial charge is 0.264 e. The highest BCUT2D eigenvalue weighted by Crippen LogP contribution is 2.20. The molecule has 1 amide bonds. The van der Waals surface area contributed by atoms with Gasteiger partial charge >= 0.3 is 0 Å². The Bertz CT molecular complexity index is 665. The summed E-state index contributed by atoms with van der Waals surface area (Å²) in [5.74, 6) is 0.172. The second kappa shape index (κ2) is 5.97. The number of nitrogens with one attached hydrogen (secondary N) is 4. The standard InChI is InChI=1S/C15H18N4O2/c20-14-9-13(18-19-14)10-1-3-12(4-2-10)17-15(21)11-5-7-16-8-6-11/h1-4,9,11,16H,5-8H2,(H,17,21)(H2,18,19,20). The molecular formula is C15H18N4O2. The summed E-state index contributed by atoms with van der Waals surface area (Å²) in [4.78, 5) is 23.2. The second-order valence-corrected chi connectivity index (χ2v) is 5.26. The van der Waals surface area contributed by atoms with E-state index in [1.165, 1.54) is 6.07 Å². The highest BCUT2D eigenvalue weighted by molar-refractivity contribution is 5.92. The lowest BCUT2D eigenvalue weighted by atomic mass is 9.97. The molecule has 1 saturated heterocycles. The fourth-order valence-electron chi connectivity index (χ4n) is 2.55. The van der Waals surface area contributed by atoms with E-state index in [9.17, 15) is 9.59 Å². The van der Waals surface area contributed by atoms with Gasteiger partial charge in [0.05, 0.1) is 5.69 Å². The zero-order valence-electron chi connectivity index (χ0n) is 11.6. The molecule has 0 unspecified atom stereocenters.